The van der Waals surface area contributed by atoms with E-state index in [1.165, 1.54) is 14.6 Å². The van der Waals surface area contributed by atoms with Gasteiger partial charge in [0.1, 0.15) is 12.4 Å². The van der Waals surface area contributed by atoms with Gasteiger partial charge >= 0.3 is 139 Å². The normalized spacial score (nSPS) is 13.6. The summed E-state index contributed by atoms with van der Waals surface area (Å²) in [6.45, 7) is 1.62. The molecule has 6 nitrogen and oxygen atoms in total. The Balaban J connectivity index is 0.000000747. The SMILES string of the molecule is CC(=O)O.O=C1N=C(Nc2cc[c]([Na])cc2)S/C1=C\c1ccc2cc(OCc3ccccc3)ccc2c1. The Hall–Kier alpha value is -3.36. The van der Waals surface area contributed by atoms with Gasteiger partial charge in [-0.2, -0.15) is 0 Å². The zero-order valence-electron chi connectivity index (χ0n) is 20.5. The summed E-state index contributed by atoms with van der Waals surface area (Å²) in [6.07, 6.45) is 1.89. The molecule has 5 rings (SSSR count). The number of carboxylic acids is 1. The molecule has 0 aliphatic carbocycles. The van der Waals surface area contributed by atoms with Crippen LogP contribution in [0, 0.1) is 0 Å². The average molecular weight is 519 g/mol. The van der Waals surface area contributed by atoms with Crippen molar-refractivity contribution in [1.82, 2.24) is 0 Å². The zero-order valence-corrected chi connectivity index (χ0v) is 23.3. The Morgan fingerprint density at radius 2 is 1.68 bits per heavy atom. The van der Waals surface area contributed by atoms with Crippen LogP contribution in [-0.4, -0.2) is 50.1 Å². The van der Waals surface area contributed by atoms with Crippen molar-refractivity contribution in [3.05, 3.63) is 107 Å². The van der Waals surface area contributed by atoms with Crippen LogP contribution in [0.4, 0.5) is 5.69 Å². The number of ether oxygens (including phenoxy) is 1. The number of carboxylic acid groups (broad SMARTS) is 1. The predicted octanol–water partition coefficient (Wildman–Crippen LogP) is 5.39. The van der Waals surface area contributed by atoms with Crippen molar-refractivity contribution in [2.75, 3.05) is 5.32 Å². The number of thioether (sulfide) groups is 1. The number of nitrogens with one attached hydrogen (secondary N) is 1. The molecule has 8 heteroatoms. The van der Waals surface area contributed by atoms with E-state index in [0.717, 1.165) is 68.2 Å². The van der Waals surface area contributed by atoms with E-state index in [2.05, 4.69) is 46.7 Å². The first-order valence-corrected chi connectivity index (χ1v) is 13.4. The topological polar surface area (TPSA) is 88.0 Å². The van der Waals surface area contributed by atoms with Crippen molar-refractivity contribution in [3.8, 4) is 5.75 Å². The number of hydrogen-bond donors (Lipinski definition) is 2. The summed E-state index contributed by atoms with van der Waals surface area (Å²) in [4.78, 5) is 26.2. The number of nitrogens with zero attached hydrogens (tertiary/aromatic N) is 1. The average Bonchev–Trinajstić information content (AvgIpc) is 3.22. The summed E-state index contributed by atoms with van der Waals surface area (Å²) in [5.74, 6) is -0.215. The number of fused-ring (bicyclic) bond motifs is 1. The van der Waals surface area contributed by atoms with Crippen LogP contribution in [0.25, 0.3) is 16.8 Å². The second-order valence-electron chi connectivity index (χ2n) is 8.39. The number of carbonyl (C=O) groups is 2. The molecule has 4 aromatic rings. The van der Waals surface area contributed by atoms with E-state index >= 15 is 0 Å². The number of aliphatic imine (C=N–C) groups is 1. The third-order valence-electron chi connectivity index (χ3n) is 5.31. The third kappa shape index (κ3) is 8.06. The fraction of sp³-hybridized carbons (Fsp3) is 0.0690. The van der Waals surface area contributed by atoms with E-state index < -0.39 is 5.97 Å². The van der Waals surface area contributed by atoms with Crippen LogP contribution in [0.1, 0.15) is 18.1 Å². The maximum atomic E-state index is 12.4. The molecule has 1 heterocycles. The van der Waals surface area contributed by atoms with Gasteiger partial charge in [0.05, 0.1) is 0 Å². The Bertz CT molecular complexity index is 1480. The van der Waals surface area contributed by atoms with E-state index in [9.17, 15) is 4.79 Å². The minimum atomic E-state index is -0.833. The van der Waals surface area contributed by atoms with Gasteiger partial charge in [0.2, 0.25) is 0 Å². The number of anilines is 1. The molecule has 0 radical (unpaired) electrons. The zero-order chi connectivity index (χ0) is 26.2. The number of amidine groups is 1. The summed E-state index contributed by atoms with van der Waals surface area (Å²) in [5.41, 5.74) is 3.04. The van der Waals surface area contributed by atoms with Crippen molar-refractivity contribution in [2.45, 2.75) is 13.5 Å². The van der Waals surface area contributed by atoms with Gasteiger partial charge in [0.25, 0.3) is 5.97 Å². The number of carbonyl (C=O) groups excluding carboxylic acids is 1. The third-order valence-corrected chi connectivity index (χ3v) is 6.87. The quantitative estimate of drug-likeness (QED) is 0.272. The molecule has 0 spiro atoms. The molecule has 1 aliphatic heterocycles. The van der Waals surface area contributed by atoms with Gasteiger partial charge in [-0.25, -0.2) is 0 Å². The Labute approximate surface area is 236 Å². The van der Waals surface area contributed by atoms with Crippen LogP contribution >= 0.6 is 11.8 Å². The van der Waals surface area contributed by atoms with Crippen LogP contribution in [0.5, 0.6) is 5.75 Å². The van der Waals surface area contributed by atoms with Crippen molar-refractivity contribution in [3.63, 3.8) is 0 Å². The van der Waals surface area contributed by atoms with Crippen molar-refractivity contribution in [2.24, 2.45) is 4.99 Å². The van der Waals surface area contributed by atoms with Crippen LogP contribution in [-0.2, 0) is 16.2 Å². The molecule has 37 heavy (non-hydrogen) atoms. The molecule has 2 N–H and O–H groups in total. The molecule has 0 atom stereocenters. The molecule has 180 valence electrons. The molecular formula is C29H23N2NaO4S. The van der Waals surface area contributed by atoms with E-state index in [1.54, 1.807) is 0 Å². The first-order valence-electron chi connectivity index (χ1n) is 11.6. The van der Waals surface area contributed by atoms with Crippen LogP contribution in [0.15, 0.2) is 101 Å². The second-order valence-corrected chi connectivity index (χ2v) is 10.6. The van der Waals surface area contributed by atoms with Crippen LogP contribution in [0.2, 0.25) is 0 Å². The molecule has 4 aromatic carbocycles. The first kappa shape index (κ1) is 26.7. The molecule has 1 amide bonds. The van der Waals surface area contributed by atoms with Crippen molar-refractivity contribution in [1.29, 1.82) is 0 Å². The Morgan fingerprint density at radius 3 is 2.41 bits per heavy atom. The summed E-state index contributed by atoms with van der Waals surface area (Å²) >= 11 is 2.38. The summed E-state index contributed by atoms with van der Waals surface area (Å²) in [5, 5.41) is 13.4. The first-order chi connectivity index (χ1) is 17.9. The monoisotopic (exact) mass is 518 g/mol. The second kappa shape index (κ2) is 12.7. The molecule has 0 bridgehead atoms. The maximum absolute atomic E-state index is 12.4. The van der Waals surface area contributed by atoms with E-state index in [1.807, 2.05) is 60.7 Å². The van der Waals surface area contributed by atoms with Crippen molar-refractivity contribution < 1.29 is 19.4 Å². The molecular weight excluding hydrogens is 495 g/mol. The van der Waals surface area contributed by atoms with Gasteiger partial charge in [0.15, 0.2) is 0 Å². The van der Waals surface area contributed by atoms with E-state index in [4.69, 9.17) is 14.6 Å². The number of rotatable bonds is 5. The molecule has 1 aliphatic rings. The summed E-state index contributed by atoms with van der Waals surface area (Å²) < 4.78 is 7.26. The molecule has 0 aromatic heterocycles. The number of aliphatic carboxylic acids is 1. The molecule has 0 unspecified atom stereocenters. The fourth-order valence-corrected chi connectivity index (χ4v) is 4.70. The van der Waals surface area contributed by atoms with E-state index in [-0.39, 0.29) is 5.91 Å². The standard InChI is InChI=1S/C27H19N2O2S.C2H4O2.Na/c30-26-25(32-27(29-26)28-23-9-5-2-6-10-23)16-20-11-12-22-17-24(14-13-21(22)15-20)31-18-19-7-3-1-4-8-19;1-2(3)4;/h1,3-17H,18H2,(H,28,29,30);1H3,(H,3,4);/b25-16-;;. The predicted molar refractivity (Wildman–Crippen MR) is 151 cm³/mol. The van der Waals surface area contributed by atoms with Gasteiger partial charge in [-0.1, -0.05) is 36.4 Å². The van der Waals surface area contributed by atoms with E-state index in [0.29, 0.717) is 16.7 Å². The number of hydrogen-bond acceptors (Lipinski definition) is 5. The van der Waals surface area contributed by atoms with Gasteiger partial charge in [0, 0.05) is 6.92 Å². The van der Waals surface area contributed by atoms with Crippen LogP contribution in [0.3, 0.4) is 0 Å². The molecule has 0 fully saturated rings. The Morgan fingerprint density at radius 1 is 1.00 bits per heavy atom. The van der Waals surface area contributed by atoms with Gasteiger partial charge < -0.3 is 9.84 Å². The number of amides is 1. The summed E-state index contributed by atoms with van der Waals surface area (Å²) in [6, 6.07) is 30.5. The van der Waals surface area contributed by atoms with Gasteiger partial charge in [-0.15, -0.1) is 0 Å². The Kier molecular flexibility index (Phi) is 9.19. The fourth-order valence-electron chi connectivity index (χ4n) is 3.54. The minimum absolute atomic E-state index is 0.216. The molecule has 0 saturated carbocycles. The summed E-state index contributed by atoms with van der Waals surface area (Å²) in [7, 11) is 0. The van der Waals surface area contributed by atoms with Gasteiger partial charge in [-0.05, 0) is 23.1 Å². The molecule has 0 saturated heterocycles. The van der Waals surface area contributed by atoms with Gasteiger partial charge in [-0.3, -0.25) is 4.79 Å². The van der Waals surface area contributed by atoms with Crippen molar-refractivity contribution >= 4 is 82.1 Å². The number of benzene rings is 4. The van der Waals surface area contributed by atoms with Crippen LogP contribution < -0.4 is 12.9 Å².